The van der Waals surface area contributed by atoms with Crippen molar-refractivity contribution in [2.24, 2.45) is 0 Å². The number of hydrogen-bond acceptors (Lipinski definition) is 3. The Morgan fingerprint density at radius 2 is 1.60 bits per heavy atom. The second-order valence-corrected chi connectivity index (χ2v) is 2.49. The van der Waals surface area contributed by atoms with Crippen molar-refractivity contribution in [3.63, 3.8) is 0 Å². The van der Waals surface area contributed by atoms with Crippen LogP contribution in [-0.4, -0.2) is 59.8 Å². The molecule has 1 atom stereocenters. The summed E-state index contributed by atoms with van der Waals surface area (Å²) in [6.07, 6.45) is 0.583. The van der Waals surface area contributed by atoms with Crippen LogP contribution >= 0.6 is 0 Å². The van der Waals surface area contributed by atoms with Gasteiger partial charge in [0.1, 0.15) is 0 Å². The van der Waals surface area contributed by atoms with E-state index in [1.807, 2.05) is 0 Å². The van der Waals surface area contributed by atoms with E-state index < -0.39 is 10.4 Å². The molecule has 7 heteroatoms. The van der Waals surface area contributed by atoms with E-state index in [0.717, 1.165) is 6.61 Å². The summed E-state index contributed by atoms with van der Waals surface area (Å²) in [5.41, 5.74) is 0. The Hall–Kier alpha value is 0.830. The van der Waals surface area contributed by atoms with Gasteiger partial charge in [-0.25, -0.2) is 0 Å². The van der Waals surface area contributed by atoms with Gasteiger partial charge in [0.2, 0.25) is 0 Å². The second-order valence-electron chi connectivity index (χ2n) is 1.59. The van der Waals surface area contributed by atoms with Gasteiger partial charge in [-0.15, -0.1) is 0 Å². The fourth-order valence-corrected chi connectivity index (χ4v) is 0.0962. The van der Waals surface area contributed by atoms with Crippen LogP contribution in [0.3, 0.4) is 0 Å². The zero-order valence-corrected chi connectivity index (χ0v) is 5.63. The van der Waals surface area contributed by atoms with Gasteiger partial charge in [0, 0.05) is 0 Å². The van der Waals surface area contributed by atoms with E-state index in [-0.39, 0.29) is 29.6 Å². The van der Waals surface area contributed by atoms with Gasteiger partial charge in [-0.3, -0.25) is 9.11 Å². The maximum atomic E-state index is 8.74. The minimum atomic E-state index is -4.67. The van der Waals surface area contributed by atoms with E-state index in [9.17, 15) is 0 Å². The predicted molar refractivity (Wildman–Crippen MR) is 36.7 cm³/mol. The van der Waals surface area contributed by atoms with Crippen LogP contribution in [0.1, 0.15) is 6.92 Å². The summed E-state index contributed by atoms with van der Waals surface area (Å²) in [5.74, 6) is 0. The zero-order chi connectivity index (χ0) is 7.49. The molecule has 0 aromatic carbocycles. The third-order valence-corrected chi connectivity index (χ3v) is 0.500. The van der Waals surface area contributed by atoms with Crippen molar-refractivity contribution in [3.05, 3.63) is 0 Å². The Kier molecular flexibility index (Phi) is 7.35. The number of ether oxygens (including phenoxy) is 1. The minimum absolute atomic E-state index is 0. The van der Waals surface area contributed by atoms with Crippen molar-refractivity contribution in [3.8, 4) is 0 Å². The molecule has 0 aliphatic carbocycles. The first kappa shape index (κ1) is 13.4. The van der Waals surface area contributed by atoms with Gasteiger partial charge in [-0.1, -0.05) is 0 Å². The Bertz CT molecular complexity index is 152. The molecule has 0 amide bonds. The number of hydrogen-bond donors (Lipinski definition) is 2. The van der Waals surface area contributed by atoms with Crippen molar-refractivity contribution >= 4 is 40.0 Å². The summed E-state index contributed by atoms with van der Waals surface area (Å²) in [6.45, 7) is 3.04. The molecular formula is C3H9NaO5S. The van der Waals surface area contributed by atoms with Gasteiger partial charge >= 0.3 is 40.0 Å². The van der Waals surface area contributed by atoms with Crippen molar-refractivity contribution in [1.82, 2.24) is 0 Å². The molecule has 58 valence electrons. The first-order valence-corrected chi connectivity index (χ1v) is 3.61. The predicted octanol–water partition coefficient (Wildman–Crippen LogP) is -0.896. The van der Waals surface area contributed by atoms with Crippen LogP contribution in [0.2, 0.25) is 0 Å². The summed E-state index contributed by atoms with van der Waals surface area (Å²) in [5, 5.41) is 0. The normalized spacial score (nSPS) is 21.7. The van der Waals surface area contributed by atoms with Gasteiger partial charge < -0.3 is 4.74 Å². The summed E-state index contributed by atoms with van der Waals surface area (Å²) in [7, 11) is -4.67. The molecule has 0 radical (unpaired) electrons. The third kappa shape index (κ3) is 36.9. The monoisotopic (exact) mass is 180 g/mol. The standard InChI is InChI=1S/C3H6O.Na.H2O4S.H/c1-3-2-4-3;;1-5(2,3)4;/h3H,2H2,1H3;;(H2,1,2,3,4);. The number of rotatable bonds is 0. The Morgan fingerprint density at radius 3 is 1.60 bits per heavy atom. The maximum absolute atomic E-state index is 8.74. The average Bonchev–Trinajstić information content (AvgIpc) is 2.13. The van der Waals surface area contributed by atoms with Crippen LogP contribution in [0.5, 0.6) is 0 Å². The first-order valence-electron chi connectivity index (χ1n) is 2.21. The molecular weight excluding hydrogens is 171 g/mol. The van der Waals surface area contributed by atoms with Crippen LogP contribution < -0.4 is 0 Å². The van der Waals surface area contributed by atoms with Gasteiger partial charge in [-0.2, -0.15) is 8.42 Å². The summed E-state index contributed by atoms with van der Waals surface area (Å²) < 4.78 is 36.3. The summed E-state index contributed by atoms with van der Waals surface area (Å²) in [6, 6.07) is 0. The van der Waals surface area contributed by atoms with Gasteiger partial charge in [0.05, 0.1) is 12.7 Å². The van der Waals surface area contributed by atoms with Crippen molar-refractivity contribution < 1.29 is 22.3 Å². The topological polar surface area (TPSA) is 87.1 Å². The molecule has 1 aliphatic rings. The molecule has 1 saturated heterocycles. The molecule has 1 aliphatic heterocycles. The third-order valence-electron chi connectivity index (χ3n) is 0.500. The second kappa shape index (κ2) is 5.48. The quantitative estimate of drug-likeness (QED) is 0.286. The van der Waals surface area contributed by atoms with E-state index >= 15 is 0 Å². The fraction of sp³-hybridized carbons (Fsp3) is 1.00. The molecule has 1 fully saturated rings. The van der Waals surface area contributed by atoms with E-state index in [1.165, 1.54) is 0 Å². The SMILES string of the molecule is CC1CO1.O=S(=O)(O)O.[NaH]. The molecule has 1 rings (SSSR count). The van der Waals surface area contributed by atoms with Crippen LogP contribution in [-0.2, 0) is 15.1 Å². The fourth-order valence-electron chi connectivity index (χ4n) is 0.0962. The van der Waals surface area contributed by atoms with Crippen LogP contribution in [0.25, 0.3) is 0 Å². The van der Waals surface area contributed by atoms with Crippen LogP contribution in [0, 0.1) is 0 Å². The molecule has 0 spiro atoms. The molecule has 1 heterocycles. The van der Waals surface area contributed by atoms with Crippen molar-refractivity contribution in [1.29, 1.82) is 0 Å². The Morgan fingerprint density at radius 1 is 1.50 bits per heavy atom. The zero-order valence-electron chi connectivity index (χ0n) is 4.81. The van der Waals surface area contributed by atoms with Crippen LogP contribution in [0.15, 0.2) is 0 Å². The van der Waals surface area contributed by atoms with E-state index in [1.54, 1.807) is 0 Å². The summed E-state index contributed by atoms with van der Waals surface area (Å²) in [4.78, 5) is 0. The Balaban J connectivity index is 0. The van der Waals surface area contributed by atoms with Crippen molar-refractivity contribution in [2.45, 2.75) is 13.0 Å². The first-order chi connectivity index (χ1) is 3.89. The van der Waals surface area contributed by atoms with Gasteiger partial charge in [0.25, 0.3) is 0 Å². The molecule has 0 bridgehead atoms. The summed E-state index contributed by atoms with van der Waals surface area (Å²) >= 11 is 0. The van der Waals surface area contributed by atoms with Crippen LogP contribution in [0.4, 0.5) is 0 Å². The average molecular weight is 180 g/mol. The molecule has 2 N–H and O–H groups in total. The molecule has 0 saturated carbocycles. The van der Waals surface area contributed by atoms with E-state index in [2.05, 4.69) is 6.92 Å². The number of epoxide rings is 1. The Labute approximate surface area is 81.6 Å². The molecule has 0 aromatic heterocycles. The van der Waals surface area contributed by atoms with Gasteiger partial charge in [-0.05, 0) is 6.92 Å². The molecule has 10 heavy (non-hydrogen) atoms. The van der Waals surface area contributed by atoms with Crippen molar-refractivity contribution in [2.75, 3.05) is 6.61 Å². The molecule has 1 unspecified atom stereocenters. The van der Waals surface area contributed by atoms with E-state index in [0.29, 0.717) is 6.10 Å². The van der Waals surface area contributed by atoms with Gasteiger partial charge in [0.15, 0.2) is 0 Å². The molecule has 5 nitrogen and oxygen atoms in total. The molecule has 0 aromatic rings. The van der Waals surface area contributed by atoms with E-state index in [4.69, 9.17) is 22.3 Å².